The normalized spacial score (nSPS) is 11.4. The summed E-state index contributed by atoms with van der Waals surface area (Å²) in [7, 11) is 0. The van der Waals surface area contributed by atoms with Crippen LogP contribution < -0.4 is 5.32 Å². The summed E-state index contributed by atoms with van der Waals surface area (Å²) in [6, 6.07) is 4.99. The topological polar surface area (TPSA) is 93.5 Å². The molecule has 1 aromatic heterocycles. The van der Waals surface area contributed by atoms with E-state index < -0.39 is 17.8 Å². The van der Waals surface area contributed by atoms with Crippen molar-refractivity contribution in [1.82, 2.24) is 9.55 Å². The SMILES string of the molecule is CC(C)(C)OC(=O)Nc1nc2ccc(Br)cc2n1C(=O)O. The van der Waals surface area contributed by atoms with Crippen LogP contribution in [0.1, 0.15) is 20.8 Å². The van der Waals surface area contributed by atoms with Gasteiger partial charge in [0, 0.05) is 4.47 Å². The molecule has 2 N–H and O–H groups in total. The van der Waals surface area contributed by atoms with Crippen molar-refractivity contribution in [2.24, 2.45) is 0 Å². The third kappa shape index (κ3) is 3.52. The molecule has 0 fully saturated rings. The zero-order valence-electron chi connectivity index (χ0n) is 11.7. The molecule has 0 saturated heterocycles. The zero-order chi connectivity index (χ0) is 15.8. The third-order valence-corrected chi connectivity index (χ3v) is 2.91. The van der Waals surface area contributed by atoms with E-state index in [1.54, 1.807) is 39.0 Å². The van der Waals surface area contributed by atoms with Gasteiger partial charge < -0.3 is 9.84 Å². The van der Waals surface area contributed by atoms with Gasteiger partial charge >= 0.3 is 12.2 Å². The molecule has 1 heterocycles. The maximum atomic E-state index is 11.8. The van der Waals surface area contributed by atoms with E-state index in [4.69, 9.17) is 4.74 Å². The molecular weight excluding hydrogens is 342 g/mol. The smallest absolute Gasteiger partial charge is 0.418 e. The van der Waals surface area contributed by atoms with Crippen LogP contribution in [0.4, 0.5) is 15.5 Å². The molecule has 0 atom stereocenters. The Morgan fingerprint density at radius 3 is 2.62 bits per heavy atom. The second-order valence-electron chi connectivity index (χ2n) is 5.31. The number of rotatable bonds is 1. The van der Waals surface area contributed by atoms with Gasteiger partial charge in [-0.1, -0.05) is 15.9 Å². The van der Waals surface area contributed by atoms with Gasteiger partial charge in [-0.3, -0.25) is 5.32 Å². The summed E-state index contributed by atoms with van der Waals surface area (Å²) < 4.78 is 6.69. The molecule has 0 aliphatic heterocycles. The van der Waals surface area contributed by atoms with Gasteiger partial charge in [0.15, 0.2) is 0 Å². The monoisotopic (exact) mass is 355 g/mol. The average molecular weight is 356 g/mol. The van der Waals surface area contributed by atoms with E-state index in [0.29, 0.717) is 15.5 Å². The minimum Gasteiger partial charge on any atom is -0.464 e. The fourth-order valence-corrected chi connectivity index (χ4v) is 2.07. The Balaban J connectivity index is 2.42. The maximum Gasteiger partial charge on any atom is 0.418 e. The van der Waals surface area contributed by atoms with Crippen molar-refractivity contribution < 1.29 is 19.4 Å². The number of aromatic nitrogens is 2. The fourth-order valence-electron chi connectivity index (χ4n) is 1.72. The van der Waals surface area contributed by atoms with Crippen molar-refractivity contribution in [2.45, 2.75) is 26.4 Å². The summed E-state index contributed by atoms with van der Waals surface area (Å²) in [6.45, 7) is 5.14. The highest BCUT2D eigenvalue weighted by Crippen LogP contribution is 2.23. The minimum atomic E-state index is -1.25. The highest BCUT2D eigenvalue weighted by atomic mass is 79.9. The second kappa shape index (κ2) is 5.36. The van der Waals surface area contributed by atoms with Crippen molar-refractivity contribution in [3.05, 3.63) is 22.7 Å². The van der Waals surface area contributed by atoms with Crippen LogP contribution in [-0.2, 0) is 4.74 Å². The summed E-state index contributed by atoms with van der Waals surface area (Å²) in [4.78, 5) is 27.2. The second-order valence-corrected chi connectivity index (χ2v) is 6.23. The number of fused-ring (bicyclic) bond motifs is 1. The summed E-state index contributed by atoms with van der Waals surface area (Å²) in [5, 5.41) is 11.7. The Kier molecular flexibility index (Phi) is 3.91. The lowest BCUT2D eigenvalue weighted by Gasteiger charge is -2.19. The number of benzene rings is 1. The molecule has 21 heavy (non-hydrogen) atoms. The van der Waals surface area contributed by atoms with Gasteiger partial charge in [0.05, 0.1) is 11.0 Å². The van der Waals surface area contributed by atoms with E-state index in [0.717, 1.165) is 4.57 Å². The van der Waals surface area contributed by atoms with E-state index in [1.807, 2.05) is 0 Å². The number of hydrogen-bond donors (Lipinski definition) is 2. The van der Waals surface area contributed by atoms with Gasteiger partial charge in [-0.05, 0) is 39.0 Å². The minimum absolute atomic E-state index is 0.107. The first-order valence-corrected chi connectivity index (χ1v) is 6.88. The highest BCUT2D eigenvalue weighted by Gasteiger charge is 2.21. The highest BCUT2D eigenvalue weighted by molar-refractivity contribution is 9.10. The third-order valence-electron chi connectivity index (χ3n) is 2.42. The van der Waals surface area contributed by atoms with Crippen LogP contribution in [0.25, 0.3) is 11.0 Å². The Morgan fingerprint density at radius 1 is 1.38 bits per heavy atom. The Bertz CT molecular complexity index is 718. The molecule has 0 saturated carbocycles. The number of hydrogen-bond acceptors (Lipinski definition) is 4. The van der Waals surface area contributed by atoms with Crippen LogP contribution in [0, 0.1) is 0 Å². The van der Waals surface area contributed by atoms with Gasteiger partial charge in [-0.2, -0.15) is 0 Å². The molecule has 2 rings (SSSR count). The number of amides is 1. The molecule has 0 unspecified atom stereocenters. The molecule has 0 aliphatic rings. The van der Waals surface area contributed by atoms with Crippen LogP contribution >= 0.6 is 15.9 Å². The summed E-state index contributed by atoms with van der Waals surface area (Å²) >= 11 is 3.27. The standard InChI is InChI=1S/C13H14BrN3O4/c1-13(2,3)21-11(18)16-10-15-8-5-4-7(14)6-9(8)17(10)12(19)20/h4-6H,1-3H3,(H,19,20)(H,15,16,18). The zero-order valence-corrected chi connectivity index (χ0v) is 13.3. The van der Waals surface area contributed by atoms with Crippen LogP contribution in [-0.4, -0.2) is 32.4 Å². The number of anilines is 1. The molecule has 2 aromatic rings. The number of carbonyl (C=O) groups excluding carboxylic acids is 1. The van der Waals surface area contributed by atoms with E-state index in [9.17, 15) is 14.7 Å². The predicted molar refractivity (Wildman–Crippen MR) is 80.7 cm³/mol. The summed E-state index contributed by atoms with van der Waals surface area (Å²) in [5.41, 5.74) is 0.127. The number of halogens is 1. The van der Waals surface area contributed by atoms with Crippen LogP contribution in [0.5, 0.6) is 0 Å². The van der Waals surface area contributed by atoms with Crippen LogP contribution in [0.3, 0.4) is 0 Å². The molecule has 0 spiro atoms. The van der Waals surface area contributed by atoms with Crippen LogP contribution in [0.15, 0.2) is 22.7 Å². The first kappa shape index (κ1) is 15.3. The quantitative estimate of drug-likeness (QED) is 0.813. The molecule has 0 bridgehead atoms. The van der Waals surface area contributed by atoms with E-state index in [1.165, 1.54) is 0 Å². The number of imidazole rings is 1. The number of ether oxygens (including phenoxy) is 1. The van der Waals surface area contributed by atoms with Crippen LogP contribution in [0.2, 0.25) is 0 Å². The van der Waals surface area contributed by atoms with Crippen molar-refractivity contribution in [1.29, 1.82) is 0 Å². The van der Waals surface area contributed by atoms with Gasteiger partial charge in [0.1, 0.15) is 5.60 Å². The van der Waals surface area contributed by atoms with Gasteiger partial charge in [0.25, 0.3) is 0 Å². The van der Waals surface area contributed by atoms with Gasteiger partial charge in [-0.25, -0.2) is 19.1 Å². The van der Waals surface area contributed by atoms with E-state index >= 15 is 0 Å². The lowest BCUT2D eigenvalue weighted by Crippen LogP contribution is -2.28. The van der Waals surface area contributed by atoms with Gasteiger partial charge in [0.2, 0.25) is 5.95 Å². The number of nitrogens with one attached hydrogen (secondary N) is 1. The van der Waals surface area contributed by atoms with Crippen molar-refractivity contribution >= 4 is 45.1 Å². The average Bonchev–Trinajstić information content (AvgIpc) is 2.63. The van der Waals surface area contributed by atoms with Crippen molar-refractivity contribution in [2.75, 3.05) is 5.32 Å². The molecule has 1 aromatic carbocycles. The number of carboxylic acid groups (broad SMARTS) is 1. The maximum absolute atomic E-state index is 11.8. The Morgan fingerprint density at radius 2 is 2.05 bits per heavy atom. The molecule has 1 amide bonds. The molecule has 7 nitrogen and oxygen atoms in total. The van der Waals surface area contributed by atoms with Gasteiger partial charge in [-0.15, -0.1) is 0 Å². The summed E-state index contributed by atoms with van der Waals surface area (Å²) in [5.74, 6) is -0.107. The van der Waals surface area contributed by atoms with Crippen molar-refractivity contribution in [3.63, 3.8) is 0 Å². The number of carbonyl (C=O) groups is 2. The Labute approximate surface area is 129 Å². The van der Waals surface area contributed by atoms with Crippen molar-refractivity contribution in [3.8, 4) is 0 Å². The largest absolute Gasteiger partial charge is 0.464 e. The Hall–Kier alpha value is -2.09. The first-order chi connectivity index (χ1) is 9.67. The lowest BCUT2D eigenvalue weighted by molar-refractivity contribution is 0.0634. The van der Waals surface area contributed by atoms with E-state index in [-0.39, 0.29) is 5.95 Å². The lowest BCUT2D eigenvalue weighted by atomic mass is 10.2. The van der Waals surface area contributed by atoms with E-state index in [2.05, 4.69) is 26.2 Å². The molecule has 0 aliphatic carbocycles. The molecule has 112 valence electrons. The molecule has 0 radical (unpaired) electrons. The molecular formula is C13H14BrN3O4. The molecule has 8 heteroatoms. The fraction of sp³-hybridized carbons (Fsp3) is 0.308. The predicted octanol–water partition coefficient (Wildman–Crippen LogP) is 3.67. The summed E-state index contributed by atoms with van der Waals surface area (Å²) in [6.07, 6.45) is -2.01. The first-order valence-electron chi connectivity index (χ1n) is 6.09. The number of nitrogens with zero attached hydrogens (tertiary/aromatic N) is 2.